The molecule has 0 radical (unpaired) electrons. The van der Waals surface area contributed by atoms with E-state index in [4.69, 9.17) is 0 Å². The lowest BCUT2D eigenvalue weighted by Gasteiger charge is -2.37. The van der Waals surface area contributed by atoms with Crippen molar-refractivity contribution in [1.82, 2.24) is 5.32 Å². The summed E-state index contributed by atoms with van der Waals surface area (Å²) in [7, 11) is 0. The minimum absolute atomic E-state index is 0.793. The van der Waals surface area contributed by atoms with Crippen LogP contribution in [0.3, 0.4) is 0 Å². The summed E-state index contributed by atoms with van der Waals surface area (Å²) in [5.74, 6) is 3.66. The van der Waals surface area contributed by atoms with Gasteiger partial charge >= 0.3 is 0 Å². The lowest BCUT2D eigenvalue weighted by molar-refractivity contribution is 0.181. The van der Waals surface area contributed by atoms with Gasteiger partial charge in [-0.2, -0.15) is 0 Å². The highest BCUT2D eigenvalue weighted by Gasteiger charge is 2.35. The van der Waals surface area contributed by atoms with Crippen LogP contribution in [0.1, 0.15) is 66.2 Å². The molecule has 100 valence electrons. The van der Waals surface area contributed by atoms with Crippen LogP contribution in [0.5, 0.6) is 0 Å². The van der Waals surface area contributed by atoms with Gasteiger partial charge in [0.15, 0.2) is 0 Å². The summed E-state index contributed by atoms with van der Waals surface area (Å²) in [5.41, 5.74) is 0. The van der Waals surface area contributed by atoms with E-state index in [1.54, 1.807) is 0 Å². The molecule has 2 rings (SSSR count). The molecule has 0 aromatic rings. The Labute approximate surface area is 108 Å². The van der Waals surface area contributed by atoms with E-state index in [9.17, 15) is 0 Å². The predicted molar refractivity (Wildman–Crippen MR) is 75.1 cm³/mol. The van der Waals surface area contributed by atoms with Crippen LogP contribution in [0.15, 0.2) is 0 Å². The first-order chi connectivity index (χ1) is 8.13. The third-order valence-electron chi connectivity index (χ3n) is 5.89. The van der Waals surface area contributed by atoms with Crippen molar-refractivity contribution >= 4 is 0 Å². The van der Waals surface area contributed by atoms with Crippen LogP contribution in [0, 0.1) is 23.7 Å². The van der Waals surface area contributed by atoms with Crippen molar-refractivity contribution in [1.29, 1.82) is 0 Å². The Morgan fingerprint density at radius 3 is 2.24 bits per heavy atom. The minimum Gasteiger partial charge on any atom is -0.311 e. The van der Waals surface area contributed by atoms with Crippen molar-refractivity contribution in [2.24, 2.45) is 23.7 Å². The van der Waals surface area contributed by atoms with Crippen molar-refractivity contribution in [2.45, 2.75) is 78.3 Å². The topological polar surface area (TPSA) is 12.0 Å². The van der Waals surface area contributed by atoms with Gasteiger partial charge < -0.3 is 5.32 Å². The maximum absolute atomic E-state index is 4.01. The number of hydrogen-bond acceptors (Lipinski definition) is 1. The summed E-state index contributed by atoms with van der Waals surface area (Å²) in [5, 5.41) is 4.01. The molecular weight excluding hydrogens is 206 g/mol. The molecule has 0 heterocycles. The fraction of sp³-hybridized carbons (Fsp3) is 1.00. The smallest absolute Gasteiger partial charge is 0.00981 e. The molecule has 6 unspecified atom stereocenters. The second-order valence-corrected chi connectivity index (χ2v) is 6.75. The standard InChI is InChI=1S/C16H31N/c1-5-14-9-10-16(13(14)4)17-15-8-6-7-11(2)12(15)3/h11-17H,5-10H2,1-4H3. The van der Waals surface area contributed by atoms with Gasteiger partial charge in [0.05, 0.1) is 0 Å². The Hall–Kier alpha value is -0.0400. The largest absolute Gasteiger partial charge is 0.311 e. The highest BCUT2D eigenvalue weighted by molar-refractivity contribution is 4.91. The van der Waals surface area contributed by atoms with Crippen LogP contribution in [0.2, 0.25) is 0 Å². The van der Waals surface area contributed by atoms with Crippen LogP contribution in [-0.4, -0.2) is 12.1 Å². The van der Waals surface area contributed by atoms with Crippen molar-refractivity contribution in [3.05, 3.63) is 0 Å². The minimum atomic E-state index is 0.793. The van der Waals surface area contributed by atoms with Gasteiger partial charge in [-0.25, -0.2) is 0 Å². The number of hydrogen-bond donors (Lipinski definition) is 1. The Morgan fingerprint density at radius 2 is 1.59 bits per heavy atom. The summed E-state index contributed by atoms with van der Waals surface area (Å²) in [4.78, 5) is 0. The third-order valence-corrected chi connectivity index (χ3v) is 5.89. The average molecular weight is 237 g/mol. The second kappa shape index (κ2) is 5.73. The zero-order valence-electron chi connectivity index (χ0n) is 12.2. The first-order valence-corrected chi connectivity index (χ1v) is 7.89. The van der Waals surface area contributed by atoms with E-state index in [1.807, 2.05) is 0 Å². The fourth-order valence-corrected chi connectivity index (χ4v) is 4.15. The van der Waals surface area contributed by atoms with Crippen LogP contribution < -0.4 is 5.32 Å². The maximum Gasteiger partial charge on any atom is 0.00981 e. The molecule has 1 N–H and O–H groups in total. The van der Waals surface area contributed by atoms with Crippen LogP contribution >= 0.6 is 0 Å². The summed E-state index contributed by atoms with van der Waals surface area (Å²) in [6, 6.07) is 1.60. The Kier molecular flexibility index (Phi) is 4.52. The third kappa shape index (κ3) is 2.86. The first-order valence-electron chi connectivity index (χ1n) is 7.89. The van der Waals surface area contributed by atoms with Crippen molar-refractivity contribution in [2.75, 3.05) is 0 Å². The molecule has 17 heavy (non-hydrogen) atoms. The summed E-state index contributed by atoms with van der Waals surface area (Å²) < 4.78 is 0. The molecule has 0 aromatic carbocycles. The molecular formula is C16H31N. The number of nitrogens with one attached hydrogen (secondary N) is 1. The zero-order chi connectivity index (χ0) is 12.4. The van der Waals surface area contributed by atoms with Gasteiger partial charge in [-0.3, -0.25) is 0 Å². The molecule has 0 spiro atoms. The van der Waals surface area contributed by atoms with E-state index in [0.717, 1.165) is 35.8 Å². The van der Waals surface area contributed by atoms with Crippen LogP contribution in [0.25, 0.3) is 0 Å². The van der Waals surface area contributed by atoms with E-state index in [-0.39, 0.29) is 0 Å². The monoisotopic (exact) mass is 237 g/mol. The molecule has 0 bridgehead atoms. The van der Waals surface area contributed by atoms with E-state index in [2.05, 4.69) is 33.0 Å². The number of rotatable bonds is 3. The Bertz CT molecular complexity index is 238. The Morgan fingerprint density at radius 1 is 0.882 bits per heavy atom. The van der Waals surface area contributed by atoms with Gasteiger partial charge in [0.2, 0.25) is 0 Å². The zero-order valence-corrected chi connectivity index (χ0v) is 12.2. The van der Waals surface area contributed by atoms with Gasteiger partial charge in [-0.15, -0.1) is 0 Å². The molecule has 1 nitrogen and oxygen atoms in total. The van der Waals surface area contributed by atoms with Gasteiger partial charge in [-0.1, -0.05) is 47.0 Å². The van der Waals surface area contributed by atoms with Gasteiger partial charge in [0, 0.05) is 12.1 Å². The van der Waals surface area contributed by atoms with E-state index >= 15 is 0 Å². The molecule has 0 saturated heterocycles. The SMILES string of the molecule is CCC1CCC(NC2CCCC(C)C2C)C1C. The molecule has 0 amide bonds. The molecule has 2 fully saturated rings. The van der Waals surface area contributed by atoms with Gasteiger partial charge in [0.25, 0.3) is 0 Å². The van der Waals surface area contributed by atoms with Crippen molar-refractivity contribution in [3.63, 3.8) is 0 Å². The summed E-state index contributed by atoms with van der Waals surface area (Å²) in [6.45, 7) is 9.72. The molecule has 2 aliphatic rings. The Balaban J connectivity index is 1.88. The van der Waals surface area contributed by atoms with Crippen molar-refractivity contribution in [3.8, 4) is 0 Å². The van der Waals surface area contributed by atoms with E-state index in [0.29, 0.717) is 0 Å². The summed E-state index contributed by atoms with van der Waals surface area (Å²) in [6.07, 6.45) is 8.52. The molecule has 2 aliphatic carbocycles. The molecule has 1 heteroatoms. The maximum atomic E-state index is 4.01. The van der Waals surface area contributed by atoms with E-state index in [1.165, 1.54) is 38.5 Å². The quantitative estimate of drug-likeness (QED) is 0.774. The first kappa shape index (κ1) is 13.4. The fourth-order valence-electron chi connectivity index (χ4n) is 4.15. The highest BCUT2D eigenvalue weighted by Crippen LogP contribution is 2.36. The molecule has 2 saturated carbocycles. The molecule has 6 atom stereocenters. The van der Waals surface area contributed by atoms with Gasteiger partial charge in [-0.05, 0) is 42.9 Å². The molecule has 0 aromatic heterocycles. The van der Waals surface area contributed by atoms with E-state index < -0.39 is 0 Å². The second-order valence-electron chi connectivity index (χ2n) is 6.75. The average Bonchev–Trinajstić information content (AvgIpc) is 2.66. The predicted octanol–water partition coefficient (Wildman–Crippen LogP) is 4.23. The van der Waals surface area contributed by atoms with Crippen molar-refractivity contribution < 1.29 is 0 Å². The van der Waals surface area contributed by atoms with Crippen LogP contribution in [0.4, 0.5) is 0 Å². The van der Waals surface area contributed by atoms with Crippen LogP contribution in [-0.2, 0) is 0 Å². The normalized spacial score (nSPS) is 47.3. The lowest BCUT2D eigenvalue weighted by atomic mass is 9.77. The highest BCUT2D eigenvalue weighted by atomic mass is 15.0. The summed E-state index contributed by atoms with van der Waals surface area (Å²) >= 11 is 0. The van der Waals surface area contributed by atoms with Gasteiger partial charge in [0.1, 0.15) is 0 Å². The molecule has 0 aliphatic heterocycles. The lowest BCUT2D eigenvalue weighted by Crippen LogP contribution is -2.47.